The summed E-state index contributed by atoms with van der Waals surface area (Å²) in [6.45, 7) is 0.508. The topological polar surface area (TPSA) is 62.9 Å². The first-order chi connectivity index (χ1) is 9.45. The van der Waals surface area contributed by atoms with Crippen molar-refractivity contribution in [2.75, 3.05) is 0 Å². The first-order valence-electron chi connectivity index (χ1n) is 6.04. The van der Waals surface area contributed by atoms with Gasteiger partial charge in [-0.3, -0.25) is 0 Å². The third-order valence-electron chi connectivity index (χ3n) is 3.02. The number of aryl methyl sites for hydroxylation is 1. The number of hydrogen-bond donors (Lipinski definition) is 0. The van der Waals surface area contributed by atoms with Crippen LogP contribution in [-0.4, -0.2) is 13.0 Å². The summed E-state index contributed by atoms with van der Waals surface area (Å²) >= 11 is 0. The molecule has 0 saturated carbocycles. The Balaban J connectivity index is 2.47. The zero-order valence-electron chi connectivity index (χ0n) is 10.5. The van der Waals surface area contributed by atoms with E-state index in [0.717, 1.165) is 0 Å². The Hall–Kier alpha value is -1.58. The summed E-state index contributed by atoms with van der Waals surface area (Å²) in [6, 6.07) is 6.41. The van der Waals surface area contributed by atoms with Crippen LogP contribution in [0.5, 0.6) is 0 Å². The van der Waals surface area contributed by atoms with Crippen molar-refractivity contribution in [1.82, 2.24) is 4.57 Å². The van der Waals surface area contributed by atoms with E-state index < -0.39 is 14.9 Å². The maximum Gasteiger partial charge on any atom is 0.263 e. The van der Waals surface area contributed by atoms with E-state index in [-0.39, 0.29) is 10.3 Å². The van der Waals surface area contributed by atoms with Crippen molar-refractivity contribution in [2.24, 2.45) is 0 Å². The second-order valence-electron chi connectivity index (χ2n) is 4.37. The average Bonchev–Trinajstić information content (AvgIpc) is 2.75. The summed E-state index contributed by atoms with van der Waals surface area (Å²) in [7, 11) is 1.35. The molecule has 0 radical (unpaired) electrons. The van der Waals surface area contributed by atoms with Gasteiger partial charge in [-0.05, 0) is 25.0 Å². The molecule has 0 aliphatic heterocycles. The highest BCUT2D eigenvalue weighted by atomic mass is 35.7. The average molecular weight is 315 g/mol. The van der Waals surface area contributed by atoms with Gasteiger partial charge in [-0.25, -0.2) is 12.8 Å². The lowest BCUT2D eigenvalue weighted by molar-refractivity contribution is 0.605. The second-order valence-corrected chi connectivity index (χ2v) is 6.91. The number of nitriles is 1. The monoisotopic (exact) mass is 314 g/mol. The minimum absolute atomic E-state index is 0.0165. The lowest BCUT2D eigenvalue weighted by Gasteiger charge is -2.03. The predicted molar refractivity (Wildman–Crippen MR) is 74.4 cm³/mol. The SMILES string of the molecule is N#CCCCCn1cc(S(=O)(=O)Cl)c2c(F)cccc21. The summed E-state index contributed by atoms with van der Waals surface area (Å²) in [5, 5.41) is 8.50. The molecule has 4 nitrogen and oxygen atoms in total. The molecule has 2 aromatic rings. The van der Waals surface area contributed by atoms with Gasteiger partial charge in [0.15, 0.2) is 0 Å². The molecule has 0 aliphatic rings. The fraction of sp³-hybridized carbons (Fsp3) is 0.308. The molecule has 0 aliphatic carbocycles. The molecule has 0 N–H and O–H groups in total. The van der Waals surface area contributed by atoms with Crippen molar-refractivity contribution in [2.45, 2.75) is 30.7 Å². The molecule has 0 fully saturated rings. The Labute approximate surface area is 120 Å². The summed E-state index contributed by atoms with van der Waals surface area (Å²) in [6.07, 6.45) is 3.20. The third kappa shape index (κ3) is 2.94. The molecule has 2 rings (SSSR count). The first kappa shape index (κ1) is 14.8. The molecule has 1 aromatic heterocycles. The van der Waals surface area contributed by atoms with Crippen LogP contribution in [0.4, 0.5) is 4.39 Å². The fourth-order valence-corrected chi connectivity index (χ4v) is 3.18. The number of fused-ring (bicyclic) bond motifs is 1. The molecule has 0 atom stereocenters. The molecule has 20 heavy (non-hydrogen) atoms. The maximum atomic E-state index is 13.9. The molecule has 0 saturated heterocycles. The molecule has 106 valence electrons. The van der Waals surface area contributed by atoms with Gasteiger partial charge < -0.3 is 4.57 Å². The zero-order valence-corrected chi connectivity index (χ0v) is 12.1. The Morgan fingerprint density at radius 1 is 1.35 bits per heavy atom. The van der Waals surface area contributed by atoms with Crippen LogP contribution in [0.25, 0.3) is 10.9 Å². The van der Waals surface area contributed by atoms with Crippen LogP contribution in [0.2, 0.25) is 0 Å². The van der Waals surface area contributed by atoms with E-state index in [2.05, 4.69) is 0 Å². The molecular weight excluding hydrogens is 303 g/mol. The highest BCUT2D eigenvalue weighted by Gasteiger charge is 2.21. The van der Waals surface area contributed by atoms with Crippen LogP contribution >= 0.6 is 10.7 Å². The lowest BCUT2D eigenvalue weighted by Crippen LogP contribution is -1.96. The smallest absolute Gasteiger partial charge is 0.263 e. The highest BCUT2D eigenvalue weighted by Crippen LogP contribution is 2.30. The van der Waals surface area contributed by atoms with Crippen molar-refractivity contribution >= 4 is 30.6 Å². The van der Waals surface area contributed by atoms with Gasteiger partial charge in [-0.15, -0.1) is 0 Å². The Morgan fingerprint density at radius 2 is 2.10 bits per heavy atom. The highest BCUT2D eigenvalue weighted by molar-refractivity contribution is 8.14. The Morgan fingerprint density at radius 3 is 2.75 bits per heavy atom. The van der Waals surface area contributed by atoms with Gasteiger partial charge in [-0.2, -0.15) is 5.26 Å². The van der Waals surface area contributed by atoms with Crippen molar-refractivity contribution in [3.05, 3.63) is 30.2 Å². The van der Waals surface area contributed by atoms with Crippen LogP contribution in [0, 0.1) is 17.1 Å². The number of nitrogens with zero attached hydrogens (tertiary/aromatic N) is 2. The largest absolute Gasteiger partial charge is 0.346 e. The summed E-state index contributed by atoms with van der Waals surface area (Å²) in [5.74, 6) is -0.613. The van der Waals surface area contributed by atoms with Crippen molar-refractivity contribution in [3.8, 4) is 6.07 Å². The van der Waals surface area contributed by atoms with Gasteiger partial charge in [-0.1, -0.05) is 6.07 Å². The van der Waals surface area contributed by atoms with E-state index in [1.165, 1.54) is 18.3 Å². The Kier molecular flexibility index (Phi) is 4.31. The normalized spacial score (nSPS) is 11.7. The van der Waals surface area contributed by atoms with Crippen molar-refractivity contribution in [3.63, 3.8) is 0 Å². The minimum Gasteiger partial charge on any atom is -0.346 e. The predicted octanol–water partition coefficient (Wildman–Crippen LogP) is 3.40. The summed E-state index contributed by atoms with van der Waals surface area (Å²) < 4.78 is 38.6. The van der Waals surface area contributed by atoms with Gasteiger partial charge in [0.1, 0.15) is 10.7 Å². The molecule has 0 unspecified atom stereocenters. The van der Waals surface area contributed by atoms with E-state index in [1.54, 1.807) is 10.6 Å². The van der Waals surface area contributed by atoms with Crippen LogP contribution < -0.4 is 0 Å². The second kappa shape index (κ2) is 5.81. The van der Waals surface area contributed by atoms with Crippen molar-refractivity contribution < 1.29 is 12.8 Å². The van der Waals surface area contributed by atoms with Crippen LogP contribution in [0.1, 0.15) is 19.3 Å². The van der Waals surface area contributed by atoms with E-state index in [1.807, 2.05) is 6.07 Å². The molecule has 0 spiro atoms. The van der Waals surface area contributed by atoms with Gasteiger partial charge in [0.05, 0.1) is 17.0 Å². The number of halogens is 2. The van der Waals surface area contributed by atoms with Gasteiger partial charge in [0.2, 0.25) is 0 Å². The van der Waals surface area contributed by atoms with Gasteiger partial charge in [0, 0.05) is 29.8 Å². The van der Waals surface area contributed by atoms with Crippen LogP contribution in [0.15, 0.2) is 29.3 Å². The maximum absolute atomic E-state index is 13.9. The number of aromatic nitrogens is 1. The van der Waals surface area contributed by atoms with E-state index >= 15 is 0 Å². The molecule has 1 heterocycles. The van der Waals surface area contributed by atoms with Gasteiger partial charge >= 0.3 is 0 Å². The standard InChI is InChI=1S/C13H12ClFN2O2S/c14-20(18,19)12-9-17(8-3-1-2-7-16)11-6-4-5-10(15)13(11)12/h4-6,9H,1-3,8H2. The number of rotatable bonds is 5. The molecule has 7 heteroatoms. The van der Waals surface area contributed by atoms with Crippen molar-refractivity contribution in [1.29, 1.82) is 5.26 Å². The summed E-state index contributed by atoms with van der Waals surface area (Å²) in [4.78, 5) is -0.215. The molecular formula is C13H12ClFN2O2S. The quantitative estimate of drug-likeness (QED) is 0.627. The number of unbranched alkanes of at least 4 members (excludes halogenated alkanes) is 2. The van der Waals surface area contributed by atoms with E-state index in [4.69, 9.17) is 15.9 Å². The zero-order chi connectivity index (χ0) is 14.8. The number of benzene rings is 1. The van der Waals surface area contributed by atoms with E-state index in [0.29, 0.717) is 31.3 Å². The molecule has 0 bridgehead atoms. The first-order valence-corrected chi connectivity index (χ1v) is 8.35. The molecule has 0 amide bonds. The fourth-order valence-electron chi connectivity index (χ4n) is 2.13. The third-order valence-corrected chi connectivity index (χ3v) is 4.35. The minimum atomic E-state index is -4.01. The molecule has 1 aromatic carbocycles. The van der Waals surface area contributed by atoms with E-state index in [9.17, 15) is 12.8 Å². The van der Waals surface area contributed by atoms with Crippen LogP contribution in [0.3, 0.4) is 0 Å². The van der Waals surface area contributed by atoms with Crippen LogP contribution in [-0.2, 0) is 15.6 Å². The number of hydrogen-bond acceptors (Lipinski definition) is 3. The van der Waals surface area contributed by atoms with Gasteiger partial charge in [0.25, 0.3) is 9.05 Å². The Bertz CT molecular complexity index is 778. The summed E-state index contributed by atoms with van der Waals surface area (Å²) in [5.41, 5.74) is 0.487. The lowest BCUT2D eigenvalue weighted by atomic mass is 10.2.